The Kier molecular flexibility index (Phi) is 3.78. The first-order valence-corrected chi connectivity index (χ1v) is 7.31. The van der Waals surface area contributed by atoms with E-state index in [0.29, 0.717) is 11.5 Å². The maximum absolute atomic E-state index is 10.8. The van der Waals surface area contributed by atoms with Gasteiger partial charge in [0.15, 0.2) is 5.65 Å². The minimum Gasteiger partial charge on any atom is -0.304 e. The molecule has 3 heterocycles. The molecule has 0 saturated carbocycles. The Labute approximate surface area is 118 Å². The summed E-state index contributed by atoms with van der Waals surface area (Å²) in [4.78, 5) is 13.3. The van der Waals surface area contributed by atoms with Gasteiger partial charge in [-0.3, -0.25) is 9.20 Å². The normalized spacial score (nSPS) is 17.6. The zero-order chi connectivity index (χ0) is 13.9. The molecule has 20 heavy (non-hydrogen) atoms. The molecular weight excluding hydrogens is 252 g/mol. The fourth-order valence-corrected chi connectivity index (χ4v) is 2.93. The third-order valence-electron chi connectivity index (χ3n) is 4.27. The zero-order valence-electron chi connectivity index (χ0n) is 11.8. The minimum absolute atomic E-state index is 0.646. The molecule has 3 rings (SSSR count). The highest BCUT2D eigenvalue weighted by atomic mass is 16.1. The SMILES string of the molecule is CCN1CCC(Cc2nnc3cc(C=O)ccn23)CC1. The van der Waals surface area contributed by atoms with E-state index in [1.807, 2.05) is 16.7 Å². The molecule has 2 aromatic heterocycles. The summed E-state index contributed by atoms with van der Waals surface area (Å²) in [6, 6.07) is 3.59. The van der Waals surface area contributed by atoms with Gasteiger partial charge in [-0.15, -0.1) is 10.2 Å². The molecule has 0 amide bonds. The Morgan fingerprint density at radius 3 is 2.85 bits per heavy atom. The predicted molar refractivity (Wildman–Crippen MR) is 76.9 cm³/mol. The number of aldehydes is 1. The molecule has 0 aliphatic carbocycles. The molecule has 0 unspecified atom stereocenters. The van der Waals surface area contributed by atoms with Gasteiger partial charge in [0.25, 0.3) is 0 Å². The summed E-state index contributed by atoms with van der Waals surface area (Å²) in [6.07, 6.45) is 6.17. The van der Waals surface area contributed by atoms with Crippen molar-refractivity contribution < 1.29 is 4.79 Å². The number of pyridine rings is 1. The number of likely N-dealkylation sites (tertiary alicyclic amines) is 1. The number of hydrogen-bond donors (Lipinski definition) is 0. The van der Waals surface area contributed by atoms with Crippen molar-refractivity contribution in [3.8, 4) is 0 Å². The van der Waals surface area contributed by atoms with E-state index in [0.717, 1.165) is 30.7 Å². The van der Waals surface area contributed by atoms with E-state index >= 15 is 0 Å². The lowest BCUT2D eigenvalue weighted by atomic mass is 9.93. The lowest BCUT2D eigenvalue weighted by molar-refractivity contribution is 0.112. The molecule has 0 atom stereocenters. The Morgan fingerprint density at radius 1 is 1.35 bits per heavy atom. The summed E-state index contributed by atoms with van der Waals surface area (Å²) < 4.78 is 2.00. The number of carbonyl (C=O) groups is 1. The molecule has 2 aromatic rings. The van der Waals surface area contributed by atoms with Crippen LogP contribution in [-0.4, -0.2) is 45.4 Å². The van der Waals surface area contributed by atoms with E-state index in [1.54, 1.807) is 6.07 Å². The van der Waals surface area contributed by atoms with Crippen molar-refractivity contribution in [3.05, 3.63) is 29.7 Å². The van der Waals surface area contributed by atoms with Crippen LogP contribution in [0.3, 0.4) is 0 Å². The van der Waals surface area contributed by atoms with Gasteiger partial charge in [-0.1, -0.05) is 6.92 Å². The van der Waals surface area contributed by atoms with Crippen LogP contribution >= 0.6 is 0 Å². The maximum Gasteiger partial charge on any atom is 0.161 e. The van der Waals surface area contributed by atoms with Crippen LogP contribution in [-0.2, 0) is 6.42 Å². The molecule has 0 spiro atoms. The molecule has 1 aliphatic rings. The van der Waals surface area contributed by atoms with Gasteiger partial charge in [0, 0.05) is 18.2 Å². The topological polar surface area (TPSA) is 50.5 Å². The van der Waals surface area contributed by atoms with Gasteiger partial charge in [0.1, 0.15) is 12.1 Å². The van der Waals surface area contributed by atoms with Crippen LogP contribution in [0.4, 0.5) is 0 Å². The van der Waals surface area contributed by atoms with E-state index in [2.05, 4.69) is 22.0 Å². The van der Waals surface area contributed by atoms with Crippen LogP contribution in [0, 0.1) is 5.92 Å². The van der Waals surface area contributed by atoms with Crippen molar-refractivity contribution in [1.29, 1.82) is 0 Å². The second-order valence-corrected chi connectivity index (χ2v) is 5.50. The summed E-state index contributed by atoms with van der Waals surface area (Å²) in [6.45, 7) is 5.74. The van der Waals surface area contributed by atoms with Crippen molar-refractivity contribution in [3.63, 3.8) is 0 Å². The summed E-state index contributed by atoms with van der Waals surface area (Å²) in [5.74, 6) is 1.70. The summed E-state index contributed by atoms with van der Waals surface area (Å²) >= 11 is 0. The average molecular weight is 272 g/mol. The highest BCUT2D eigenvalue weighted by Gasteiger charge is 2.20. The van der Waals surface area contributed by atoms with Gasteiger partial charge < -0.3 is 4.90 Å². The fraction of sp³-hybridized carbons (Fsp3) is 0.533. The molecule has 5 heteroatoms. The van der Waals surface area contributed by atoms with Crippen LogP contribution in [0.1, 0.15) is 35.9 Å². The second kappa shape index (κ2) is 5.71. The van der Waals surface area contributed by atoms with Crippen LogP contribution in [0.25, 0.3) is 5.65 Å². The highest BCUT2D eigenvalue weighted by molar-refractivity contribution is 5.76. The van der Waals surface area contributed by atoms with Crippen LogP contribution in [0.5, 0.6) is 0 Å². The number of rotatable bonds is 4. The van der Waals surface area contributed by atoms with Crippen LogP contribution in [0.15, 0.2) is 18.3 Å². The third kappa shape index (κ3) is 2.58. The number of carbonyl (C=O) groups excluding carboxylic acids is 1. The molecule has 0 radical (unpaired) electrons. The number of aromatic nitrogens is 3. The lowest BCUT2D eigenvalue weighted by Gasteiger charge is -2.30. The van der Waals surface area contributed by atoms with E-state index in [1.165, 1.54) is 25.9 Å². The third-order valence-corrected chi connectivity index (χ3v) is 4.27. The fourth-order valence-electron chi connectivity index (χ4n) is 2.93. The molecule has 106 valence electrons. The zero-order valence-corrected chi connectivity index (χ0v) is 11.8. The van der Waals surface area contributed by atoms with Crippen molar-refractivity contribution in [2.75, 3.05) is 19.6 Å². The monoisotopic (exact) mass is 272 g/mol. The average Bonchev–Trinajstić information content (AvgIpc) is 2.90. The molecule has 1 saturated heterocycles. The van der Waals surface area contributed by atoms with Crippen LogP contribution in [0.2, 0.25) is 0 Å². The van der Waals surface area contributed by atoms with Crippen molar-refractivity contribution in [2.24, 2.45) is 5.92 Å². The van der Waals surface area contributed by atoms with Gasteiger partial charge in [-0.25, -0.2) is 0 Å². The molecule has 0 bridgehead atoms. The van der Waals surface area contributed by atoms with Gasteiger partial charge >= 0.3 is 0 Å². The van der Waals surface area contributed by atoms with E-state index in [-0.39, 0.29) is 0 Å². The Morgan fingerprint density at radius 2 is 2.15 bits per heavy atom. The first-order valence-electron chi connectivity index (χ1n) is 7.31. The Bertz CT molecular complexity index is 599. The van der Waals surface area contributed by atoms with Crippen molar-refractivity contribution >= 4 is 11.9 Å². The summed E-state index contributed by atoms with van der Waals surface area (Å²) in [7, 11) is 0. The molecule has 0 N–H and O–H groups in total. The number of piperidine rings is 1. The second-order valence-electron chi connectivity index (χ2n) is 5.50. The van der Waals surface area contributed by atoms with Gasteiger partial charge in [-0.05, 0) is 50.5 Å². The molecular formula is C15H20N4O. The van der Waals surface area contributed by atoms with Gasteiger partial charge in [0.05, 0.1) is 0 Å². The maximum atomic E-state index is 10.8. The summed E-state index contributed by atoms with van der Waals surface area (Å²) in [5, 5.41) is 8.45. The lowest BCUT2D eigenvalue weighted by Crippen LogP contribution is -2.34. The van der Waals surface area contributed by atoms with E-state index < -0.39 is 0 Å². The molecule has 1 fully saturated rings. The minimum atomic E-state index is 0.646. The van der Waals surface area contributed by atoms with Gasteiger partial charge in [-0.2, -0.15) is 0 Å². The number of nitrogens with zero attached hydrogens (tertiary/aromatic N) is 4. The number of hydrogen-bond acceptors (Lipinski definition) is 4. The standard InChI is InChI=1S/C15H20N4O/c1-2-18-6-3-12(4-7-18)9-14-16-17-15-10-13(11-20)5-8-19(14)15/h5,8,10-12H,2-4,6-7,9H2,1H3. The van der Waals surface area contributed by atoms with Crippen molar-refractivity contribution in [2.45, 2.75) is 26.2 Å². The quantitative estimate of drug-likeness (QED) is 0.797. The van der Waals surface area contributed by atoms with Gasteiger partial charge in [0.2, 0.25) is 0 Å². The first-order chi connectivity index (χ1) is 9.80. The first kappa shape index (κ1) is 13.2. The van der Waals surface area contributed by atoms with Crippen molar-refractivity contribution in [1.82, 2.24) is 19.5 Å². The predicted octanol–water partition coefficient (Wildman–Crippen LogP) is 1.82. The largest absolute Gasteiger partial charge is 0.304 e. The van der Waals surface area contributed by atoms with E-state index in [4.69, 9.17) is 0 Å². The molecule has 1 aliphatic heterocycles. The molecule has 5 nitrogen and oxygen atoms in total. The summed E-state index contributed by atoms with van der Waals surface area (Å²) in [5.41, 5.74) is 1.41. The molecule has 0 aromatic carbocycles. The smallest absolute Gasteiger partial charge is 0.161 e. The Hall–Kier alpha value is -1.75. The van der Waals surface area contributed by atoms with Crippen LogP contribution < -0.4 is 0 Å². The van der Waals surface area contributed by atoms with E-state index in [9.17, 15) is 4.79 Å². The number of fused-ring (bicyclic) bond motifs is 1. The Balaban J connectivity index is 1.73. The highest BCUT2D eigenvalue weighted by Crippen LogP contribution is 2.21.